The van der Waals surface area contributed by atoms with E-state index in [4.69, 9.17) is 11.6 Å². The van der Waals surface area contributed by atoms with Crippen LogP contribution < -0.4 is 0 Å². The molecule has 122 valence electrons. The number of aromatic nitrogens is 2. The van der Waals surface area contributed by atoms with Gasteiger partial charge in [-0.3, -0.25) is 9.20 Å². The van der Waals surface area contributed by atoms with E-state index in [1.807, 2.05) is 45.1 Å². The standard InChI is InChI=1S/C18H16ClN3OS/c19-18-15(21-10-2-1-5-16(21)20-18)8-9-17(23)22(13-6-7-13)12-14-4-3-11-24-14/h1-5,8-11,13H,6-7,12H2/b9-8+. The zero-order valence-corrected chi connectivity index (χ0v) is 14.5. The molecule has 0 unspecified atom stereocenters. The normalized spacial score (nSPS) is 14.5. The molecule has 0 atom stereocenters. The molecule has 3 heterocycles. The Bertz CT molecular complexity index is 896. The van der Waals surface area contributed by atoms with E-state index in [0.29, 0.717) is 17.7 Å². The lowest BCUT2D eigenvalue weighted by atomic mass is 10.3. The highest BCUT2D eigenvalue weighted by Gasteiger charge is 2.31. The van der Waals surface area contributed by atoms with Crippen LogP contribution in [0.5, 0.6) is 0 Å². The molecule has 6 heteroatoms. The average molecular weight is 358 g/mol. The lowest BCUT2D eigenvalue weighted by Gasteiger charge is -2.19. The molecule has 3 aromatic rings. The van der Waals surface area contributed by atoms with Crippen molar-refractivity contribution >= 4 is 40.6 Å². The van der Waals surface area contributed by atoms with Gasteiger partial charge in [0, 0.05) is 23.2 Å². The number of carbonyl (C=O) groups is 1. The molecule has 0 bridgehead atoms. The maximum Gasteiger partial charge on any atom is 0.247 e. The minimum atomic E-state index is 0.0212. The Morgan fingerprint density at radius 3 is 3.00 bits per heavy atom. The van der Waals surface area contributed by atoms with Crippen LogP contribution in [-0.2, 0) is 11.3 Å². The highest BCUT2D eigenvalue weighted by atomic mass is 35.5. The van der Waals surface area contributed by atoms with Gasteiger partial charge in [-0.2, -0.15) is 0 Å². The number of thiophene rings is 1. The summed E-state index contributed by atoms with van der Waals surface area (Å²) >= 11 is 7.90. The van der Waals surface area contributed by atoms with Gasteiger partial charge in [-0.05, 0) is 42.5 Å². The van der Waals surface area contributed by atoms with E-state index in [0.717, 1.165) is 24.2 Å². The second kappa shape index (κ2) is 6.42. The van der Waals surface area contributed by atoms with Gasteiger partial charge in [0.05, 0.1) is 12.2 Å². The second-order valence-corrected chi connectivity index (χ2v) is 7.22. The molecule has 1 saturated carbocycles. The molecular formula is C18H16ClN3OS. The molecule has 24 heavy (non-hydrogen) atoms. The molecule has 1 fully saturated rings. The van der Waals surface area contributed by atoms with Gasteiger partial charge in [0.1, 0.15) is 5.65 Å². The molecule has 1 amide bonds. The molecule has 4 rings (SSSR count). The van der Waals surface area contributed by atoms with E-state index in [9.17, 15) is 4.79 Å². The van der Waals surface area contributed by atoms with Crippen molar-refractivity contribution in [3.05, 3.63) is 63.7 Å². The van der Waals surface area contributed by atoms with Crippen LogP contribution in [0.15, 0.2) is 48.0 Å². The first kappa shape index (κ1) is 15.4. The maximum atomic E-state index is 12.7. The van der Waals surface area contributed by atoms with E-state index in [1.54, 1.807) is 23.5 Å². The molecule has 0 aliphatic heterocycles. The number of carbonyl (C=O) groups excluding carboxylic acids is 1. The Morgan fingerprint density at radius 1 is 1.38 bits per heavy atom. The lowest BCUT2D eigenvalue weighted by Crippen LogP contribution is -2.30. The van der Waals surface area contributed by atoms with Crippen LogP contribution in [0.4, 0.5) is 0 Å². The van der Waals surface area contributed by atoms with Crippen molar-refractivity contribution in [3.8, 4) is 0 Å². The Morgan fingerprint density at radius 2 is 2.25 bits per heavy atom. The van der Waals surface area contributed by atoms with Crippen LogP contribution >= 0.6 is 22.9 Å². The zero-order valence-electron chi connectivity index (χ0n) is 12.9. The number of hydrogen-bond acceptors (Lipinski definition) is 3. The van der Waals surface area contributed by atoms with Crippen LogP contribution in [0.25, 0.3) is 11.7 Å². The minimum absolute atomic E-state index is 0.0212. The first-order valence-electron chi connectivity index (χ1n) is 7.86. The van der Waals surface area contributed by atoms with Gasteiger partial charge < -0.3 is 4.90 Å². The van der Waals surface area contributed by atoms with E-state index in [-0.39, 0.29) is 5.91 Å². The van der Waals surface area contributed by atoms with Crippen molar-refractivity contribution in [1.29, 1.82) is 0 Å². The monoisotopic (exact) mass is 357 g/mol. The molecule has 0 spiro atoms. The number of rotatable bonds is 5. The number of amides is 1. The number of pyridine rings is 1. The minimum Gasteiger partial charge on any atom is -0.331 e. The van der Waals surface area contributed by atoms with E-state index < -0.39 is 0 Å². The first-order valence-corrected chi connectivity index (χ1v) is 9.12. The van der Waals surface area contributed by atoms with Crippen LogP contribution in [0.1, 0.15) is 23.4 Å². The fourth-order valence-electron chi connectivity index (χ4n) is 2.72. The van der Waals surface area contributed by atoms with Crippen molar-refractivity contribution in [3.63, 3.8) is 0 Å². The van der Waals surface area contributed by atoms with E-state index >= 15 is 0 Å². The summed E-state index contributed by atoms with van der Waals surface area (Å²) in [6.45, 7) is 0.673. The molecule has 1 aliphatic carbocycles. The number of hydrogen-bond donors (Lipinski definition) is 0. The summed E-state index contributed by atoms with van der Waals surface area (Å²) < 4.78 is 1.88. The fourth-order valence-corrected chi connectivity index (χ4v) is 3.67. The average Bonchev–Trinajstić information content (AvgIpc) is 3.19. The molecule has 0 N–H and O–H groups in total. The van der Waals surface area contributed by atoms with Crippen LogP contribution in [0.3, 0.4) is 0 Å². The quantitative estimate of drug-likeness (QED) is 0.640. The van der Waals surface area contributed by atoms with E-state index in [2.05, 4.69) is 11.1 Å². The molecule has 0 saturated heterocycles. The Balaban J connectivity index is 1.57. The van der Waals surface area contributed by atoms with E-state index in [1.165, 1.54) is 4.88 Å². The highest BCUT2D eigenvalue weighted by molar-refractivity contribution is 7.09. The van der Waals surface area contributed by atoms with Crippen molar-refractivity contribution in [2.45, 2.75) is 25.4 Å². The molecular weight excluding hydrogens is 342 g/mol. The second-order valence-electron chi connectivity index (χ2n) is 5.83. The van der Waals surface area contributed by atoms with Crippen molar-refractivity contribution < 1.29 is 4.79 Å². The Hall–Kier alpha value is -2.11. The van der Waals surface area contributed by atoms with Gasteiger partial charge in [-0.25, -0.2) is 4.98 Å². The zero-order chi connectivity index (χ0) is 16.5. The summed E-state index contributed by atoms with van der Waals surface area (Å²) in [5.74, 6) is 0.0212. The van der Waals surface area contributed by atoms with Gasteiger partial charge in [-0.15, -0.1) is 11.3 Å². The Kier molecular flexibility index (Phi) is 4.12. The molecule has 3 aromatic heterocycles. The molecule has 1 aliphatic rings. The highest BCUT2D eigenvalue weighted by Crippen LogP contribution is 2.29. The third kappa shape index (κ3) is 3.09. The summed E-state index contributed by atoms with van der Waals surface area (Å²) in [7, 11) is 0. The SMILES string of the molecule is O=C(/C=C/c1c(Cl)nc2ccccn12)N(Cc1cccs1)C1CC1. The fraction of sp³-hybridized carbons (Fsp3) is 0.222. The predicted octanol–water partition coefficient (Wildman–Crippen LogP) is 4.25. The third-order valence-corrected chi connectivity index (χ3v) is 5.22. The topological polar surface area (TPSA) is 37.6 Å². The number of fused-ring (bicyclic) bond motifs is 1. The summed E-state index contributed by atoms with van der Waals surface area (Å²) in [6, 6.07) is 10.2. The first-order chi connectivity index (χ1) is 11.7. The third-order valence-electron chi connectivity index (χ3n) is 4.08. The lowest BCUT2D eigenvalue weighted by molar-refractivity contribution is -0.127. The van der Waals surface area contributed by atoms with Gasteiger partial charge >= 0.3 is 0 Å². The Labute approximate surface area is 149 Å². The summed E-state index contributed by atoms with van der Waals surface area (Å²) in [5, 5.41) is 2.44. The van der Waals surface area contributed by atoms with Crippen molar-refractivity contribution in [1.82, 2.24) is 14.3 Å². The van der Waals surface area contributed by atoms with Gasteiger partial charge in [-0.1, -0.05) is 23.7 Å². The van der Waals surface area contributed by atoms with Crippen LogP contribution in [-0.4, -0.2) is 26.2 Å². The predicted molar refractivity (Wildman–Crippen MR) is 97.1 cm³/mol. The molecule has 0 aromatic carbocycles. The van der Waals surface area contributed by atoms with Gasteiger partial charge in [0.15, 0.2) is 5.15 Å². The maximum absolute atomic E-state index is 12.7. The van der Waals surface area contributed by atoms with Gasteiger partial charge in [0.25, 0.3) is 0 Å². The van der Waals surface area contributed by atoms with Crippen LogP contribution in [0.2, 0.25) is 5.15 Å². The van der Waals surface area contributed by atoms with Crippen molar-refractivity contribution in [2.24, 2.45) is 0 Å². The number of nitrogens with zero attached hydrogens (tertiary/aromatic N) is 3. The summed E-state index contributed by atoms with van der Waals surface area (Å²) in [4.78, 5) is 20.1. The molecule has 4 nitrogen and oxygen atoms in total. The van der Waals surface area contributed by atoms with Crippen molar-refractivity contribution in [2.75, 3.05) is 0 Å². The van der Waals surface area contributed by atoms with Crippen LogP contribution in [0, 0.1) is 0 Å². The summed E-state index contributed by atoms with van der Waals surface area (Å²) in [6.07, 6.45) is 7.42. The number of halogens is 1. The van der Waals surface area contributed by atoms with Gasteiger partial charge in [0.2, 0.25) is 5.91 Å². The number of imidazole rings is 1. The largest absolute Gasteiger partial charge is 0.331 e. The molecule has 0 radical (unpaired) electrons. The summed E-state index contributed by atoms with van der Waals surface area (Å²) in [5.41, 5.74) is 1.50. The smallest absolute Gasteiger partial charge is 0.247 e.